The first-order valence-corrected chi connectivity index (χ1v) is 7.24. The highest BCUT2D eigenvalue weighted by Gasteiger charge is 2.40. The number of hydrogen-bond donors (Lipinski definition) is 2. The minimum absolute atomic E-state index is 0.0989. The van der Waals surface area contributed by atoms with Crippen molar-refractivity contribution in [3.05, 3.63) is 16.6 Å². The quantitative estimate of drug-likeness (QED) is 0.599. The summed E-state index contributed by atoms with van der Waals surface area (Å²) in [6.07, 6.45) is 4.51. The molecule has 1 fully saturated rings. The first-order valence-electron chi connectivity index (χ1n) is 6.36. The van der Waals surface area contributed by atoms with Gasteiger partial charge < -0.3 is 9.47 Å². The molecule has 1 aliphatic heterocycles. The fourth-order valence-electron chi connectivity index (χ4n) is 2.54. The molecule has 18 heavy (non-hydrogen) atoms. The van der Waals surface area contributed by atoms with Gasteiger partial charge in [0.2, 0.25) is 0 Å². The van der Waals surface area contributed by atoms with Crippen LogP contribution in [0.2, 0.25) is 0 Å². The monoisotopic (exact) mass is 271 g/mol. The smallest absolute Gasteiger partial charge is 0.0895 e. The number of aromatic nitrogens is 1. The lowest BCUT2D eigenvalue weighted by atomic mass is 9.84. The number of rotatable bonds is 6. The van der Waals surface area contributed by atoms with Crippen LogP contribution in [0.4, 0.5) is 0 Å². The minimum atomic E-state index is -0.217. The number of ether oxygens (including phenoxy) is 2. The van der Waals surface area contributed by atoms with Gasteiger partial charge in [-0.3, -0.25) is 16.3 Å². The lowest BCUT2D eigenvalue weighted by Gasteiger charge is -2.42. The lowest BCUT2D eigenvalue weighted by molar-refractivity contribution is -0.126. The Balaban J connectivity index is 2.10. The van der Waals surface area contributed by atoms with Gasteiger partial charge in [-0.05, 0) is 6.92 Å². The van der Waals surface area contributed by atoms with Crippen molar-refractivity contribution in [3.8, 4) is 0 Å². The number of hydrogen-bond acceptors (Lipinski definition) is 6. The lowest BCUT2D eigenvalue weighted by Crippen LogP contribution is -2.58. The maximum atomic E-state index is 6.03. The molecular formula is C12H21N3O2S. The van der Waals surface area contributed by atoms with Gasteiger partial charge >= 0.3 is 0 Å². The Bertz CT molecular complexity index is 334. The van der Waals surface area contributed by atoms with Crippen molar-refractivity contribution >= 4 is 11.3 Å². The highest BCUT2D eigenvalue weighted by molar-refractivity contribution is 7.09. The molecule has 0 aromatic carbocycles. The Hall–Kier alpha value is -0.530. The van der Waals surface area contributed by atoms with E-state index in [1.807, 2.05) is 18.6 Å². The van der Waals surface area contributed by atoms with E-state index in [1.54, 1.807) is 11.3 Å². The van der Waals surface area contributed by atoms with E-state index in [1.165, 1.54) is 4.88 Å². The molecule has 6 heteroatoms. The summed E-state index contributed by atoms with van der Waals surface area (Å²) in [6.45, 7) is 4.19. The Morgan fingerprint density at radius 1 is 1.61 bits per heavy atom. The second-order valence-corrected chi connectivity index (χ2v) is 5.47. The second kappa shape index (κ2) is 6.58. The molecule has 5 nitrogen and oxygen atoms in total. The maximum absolute atomic E-state index is 6.03. The van der Waals surface area contributed by atoms with Crippen LogP contribution >= 0.6 is 11.3 Å². The average molecular weight is 271 g/mol. The van der Waals surface area contributed by atoms with Crippen LogP contribution in [0.25, 0.3) is 0 Å². The summed E-state index contributed by atoms with van der Waals surface area (Å²) in [6, 6.07) is 0.0989. The number of nitrogens with zero attached hydrogens (tertiary/aromatic N) is 1. The largest absolute Gasteiger partial charge is 0.381 e. The fourth-order valence-corrected chi connectivity index (χ4v) is 3.18. The summed E-state index contributed by atoms with van der Waals surface area (Å²) in [5.41, 5.74) is 4.56. The van der Waals surface area contributed by atoms with Gasteiger partial charge in [0.15, 0.2) is 0 Å². The van der Waals surface area contributed by atoms with Crippen molar-refractivity contribution in [2.45, 2.75) is 37.8 Å². The van der Waals surface area contributed by atoms with Crippen molar-refractivity contribution in [1.82, 2.24) is 10.4 Å². The summed E-state index contributed by atoms with van der Waals surface area (Å²) in [5, 5.41) is 0. The van der Waals surface area contributed by atoms with Crippen molar-refractivity contribution in [2.75, 3.05) is 19.8 Å². The van der Waals surface area contributed by atoms with Crippen molar-refractivity contribution < 1.29 is 9.47 Å². The first-order chi connectivity index (χ1) is 8.80. The van der Waals surface area contributed by atoms with Crippen LogP contribution in [-0.4, -0.2) is 36.4 Å². The second-order valence-electron chi connectivity index (χ2n) is 4.50. The predicted molar refractivity (Wildman–Crippen MR) is 71.3 cm³/mol. The molecule has 102 valence electrons. The molecule has 2 heterocycles. The van der Waals surface area contributed by atoms with Crippen LogP contribution in [-0.2, 0) is 15.9 Å². The Kier molecular flexibility index (Phi) is 5.08. The van der Waals surface area contributed by atoms with Gasteiger partial charge in [-0.2, -0.15) is 0 Å². The number of hydrazine groups is 1. The molecule has 1 aromatic rings. The normalized spacial score (nSPS) is 20.8. The molecule has 1 atom stereocenters. The first kappa shape index (κ1) is 13.9. The van der Waals surface area contributed by atoms with Crippen LogP contribution in [0, 0.1) is 0 Å². The van der Waals surface area contributed by atoms with Crippen molar-refractivity contribution in [3.63, 3.8) is 0 Å². The highest BCUT2D eigenvalue weighted by Crippen LogP contribution is 2.31. The molecule has 0 amide bonds. The molecule has 3 N–H and O–H groups in total. The molecule has 1 saturated heterocycles. The van der Waals surface area contributed by atoms with Crippen LogP contribution in [0.15, 0.2) is 11.7 Å². The van der Waals surface area contributed by atoms with Gasteiger partial charge in [-0.15, -0.1) is 11.3 Å². The third-order valence-corrected chi connectivity index (χ3v) is 4.30. The Labute approximate surface area is 112 Å². The molecular weight excluding hydrogens is 250 g/mol. The van der Waals surface area contributed by atoms with Crippen LogP contribution in [0.1, 0.15) is 24.6 Å². The van der Waals surface area contributed by atoms with Gasteiger partial charge in [0.25, 0.3) is 0 Å². The Morgan fingerprint density at radius 3 is 2.94 bits per heavy atom. The van der Waals surface area contributed by atoms with Gasteiger partial charge in [-0.25, -0.2) is 0 Å². The molecule has 1 aromatic heterocycles. The molecule has 0 spiro atoms. The summed E-state index contributed by atoms with van der Waals surface area (Å²) in [7, 11) is 0. The van der Waals surface area contributed by atoms with E-state index in [-0.39, 0.29) is 11.6 Å². The van der Waals surface area contributed by atoms with Gasteiger partial charge in [-0.1, -0.05) is 0 Å². The topological polar surface area (TPSA) is 69.4 Å². The van der Waals surface area contributed by atoms with E-state index < -0.39 is 0 Å². The van der Waals surface area contributed by atoms with Gasteiger partial charge in [0.05, 0.1) is 17.2 Å². The van der Waals surface area contributed by atoms with Gasteiger partial charge in [0, 0.05) is 50.2 Å². The molecule has 0 saturated carbocycles. The summed E-state index contributed by atoms with van der Waals surface area (Å²) < 4.78 is 11.5. The summed E-state index contributed by atoms with van der Waals surface area (Å²) in [5.74, 6) is 5.75. The Morgan fingerprint density at radius 2 is 2.39 bits per heavy atom. The summed E-state index contributed by atoms with van der Waals surface area (Å²) in [4.78, 5) is 5.33. The van der Waals surface area contributed by atoms with E-state index in [9.17, 15) is 0 Å². The molecule has 0 radical (unpaired) electrons. The average Bonchev–Trinajstić information content (AvgIpc) is 2.90. The molecule has 1 aliphatic rings. The van der Waals surface area contributed by atoms with Crippen molar-refractivity contribution in [1.29, 1.82) is 0 Å². The highest BCUT2D eigenvalue weighted by atomic mass is 32.1. The van der Waals surface area contributed by atoms with Crippen LogP contribution < -0.4 is 11.3 Å². The zero-order chi connectivity index (χ0) is 12.8. The number of thiazole rings is 1. The molecule has 0 aliphatic carbocycles. The van der Waals surface area contributed by atoms with Gasteiger partial charge in [0.1, 0.15) is 0 Å². The fraction of sp³-hybridized carbons (Fsp3) is 0.750. The third kappa shape index (κ3) is 3.07. The third-order valence-electron chi connectivity index (χ3n) is 3.50. The number of nitrogens with one attached hydrogen (secondary N) is 1. The standard InChI is InChI=1S/C12H21N3O2S/c1-2-17-12(3-5-16-6-4-12)11(15-13)7-10-8-14-9-18-10/h8-9,11,15H,2-7,13H2,1H3. The molecule has 1 unspecified atom stereocenters. The zero-order valence-electron chi connectivity index (χ0n) is 10.7. The molecule has 0 bridgehead atoms. The SMILES string of the molecule is CCOC1(C(Cc2cncs2)NN)CCOCC1. The van der Waals surface area contributed by atoms with E-state index in [0.717, 1.165) is 32.5 Å². The zero-order valence-corrected chi connectivity index (χ0v) is 11.5. The van der Waals surface area contributed by atoms with E-state index in [4.69, 9.17) is 15.3 Å². The van der Waals surface area contributed by atoms with E-state index in [2.05, 4.69) is 10.4 Å². The van der Waals surface area contributed by atoms with Crippen LogP contribution in [0.5, 0.6) is 0 Å². The van der Waals surface area contributed by atoms with E-state index in [0.29, 0.717) is 6.61 Å². The molecule has 2 rings (SSSR count). The van der Waals surface area contributed by atoms with E-state index >= 15 is 0 Å². The number of nitrogens with two attached hydrogens (primary N) is 1. The van der Waals surface area contributed by atoms with Crippen molar-refractivity contribution in [2.24, 2.45) is 5.84 Å². The summed E-state index contributed by atoms with van der Waals surface area (Å²) >= 11 is 1.65. The van der Waals surface area contributed by atoms with Crippen LogP contribution in [0.3, 0.4) is 0 Å². The predicted octanol–water partition coefficient (Wildman–Crippen LogP) is 1.10. The maximum Gasteiger partial charge on any atom is 0.0895 e. The minimum Gasteiger partial charge on any atom is -0.381 e.